The average Bonchev–Trinajstić information content (AvgIpc) is 3.67. The molecule has 190 valence electrons. The number of primary amides is 1. The van der Waals surface area contributed by atoms with Gasteiger partial charge >= 0.3 is 0 Å². The Morgan fingerprint density at radius 3 is 1.94 bits per heavy atom. The van der Waals surface area contributed by atoms with Crippen molar-refractivity contribution in [2.24, 2.45) is 5.73 Å². The van der Waals surface area contributed by atoms with Crippen LogP contribution in [0.25, 0.3) is 0 Å². The quantitative estimate of drug-likeness (QED) is 0.391. The summed E-state index contributed by atoms with van der Waals surface area (Å²) in [6.07, 6.45) is 4.95. The zero-order valence-corrected chi connectivity index (χ0v) is 19.6. The van der Waals surface area contributed by atoms with E-state index in [4.69, 9.17) is 5.73 Å². The monoisotopic (exact) mass is 516 g/mol. The minimum absolute atomic E-state index is 0.138. The number of carbonyl (C=O) groups excluding carboxylic acids is 1. The van der Waals surface area contributed by atoms with Gasteiger partial charge in [-0.05, 0) is 42.7 Å². The molecule has 2 aliphatic rings. The molecule has 0 aliphatic heterocycles. The van der Waals surface area contributed by atoms with Gasteiger partial charge in [0, 0.05) is 0 Å². The number of halogens is 5. The average molecular weight is 517 g/mol. The van der Waals surface area contributed by atoms with Gasteiger partial charge in [0.05, 0.1) is 12.1 Å². The van der Waals surface area contributed by atoms with Crippen LogP contribution in [0.4, 0.5) is 27.6 Å². The number of amides is 1. The lowest BCUT2D eigenvalue weighted by atomic mass is 9.84. The molecule has 4 rings (SSSR count). The second kappa shape index (κ2) is 9.40. The van der Waals surface area contributed by atoms with Crippen molar-refractivity contribution in [1.29, 1.82) is 0 Å². The molecule has 2 fully saturated rings. The number of rotatable bonds is 8. The molecule has 0 saturated heterocycles. The number of benzene rings is 2. The molecule has 1 amide bonds. The first-order valence-electron chi connectivity index (χ1n) is 11.4. The summed E-state index contributed by atoms with van der Waals surface area (Å²) in [5.74, 6) is -9.12. The number of nitrogens with zero attached hydrogens (tertiary/aromatic N) is 1. The zero-order valence-electron chi connectivity index (χ0n) is 18.8. The number of hydrogen-bond donors (Lipinski definition) is 1. The fourth-order valence-electron chi connectivity index (χ4n) is 4.74. The predicted molar refractivity (Wildman–Crippen MR) is 120 cm³/mol. The molecule has 35 heavy (non-hydrogen) atoms. The first-order valence-corrected chi connectivity index (χ1v) is 12.8. The Labute approximate surface area is 200 Å². The van der Waals surface area contributed by atoms with E-state index in [1.165, 1.54) is 0 Å². The molecule has 0 atom stereocenters. The Morgan fingerprint density at radius 2 is 1.49 bits per heavy atom. The van der Waals surface area contributed by atoms with Gasteiger partial charge < -0.3 is 5.73 Å². The molecular formula is C24H25F5N2O3S. The predicted octanol–water partition coefficient (Wildman–Crippen LogP) is 5.11. The van der Waals surface area contributed by atoms with Crippen molar-refractivity contribution in [1.82, 2.24) is 0 Å². The number of sulfonamides is 1. The van der Waals surface area contributed by atoms with E-state index >= 15 is 0 Å². The van der Waals surface area contributed by atoms with Crippen molar-refractivity contribution < 1.29 is 35.2 Å². The van der Waals surface area contributed by atoms with Crippen molar-refractivity contribution in [2.45, 2.75) is 68.8 Å². The molecule has 0 bridgehead atoms. The second-order valence-corrected chi connectivity index (χ2v) is 11.3. The van der Waals surface area contributed by atoms with Gasteiger partial charge in [0.25, 0.3) is 10.0 Å². The van der Waals surface area contributed by atoms with Crippen LogP contribution in [0.1, 0.15) is 67.6 Å². The maximum Gasteiger partial charge on any atom is 0.250 e. The van der Waals surface area contributed by atoms with Gasteiger partial charge in [0.1, 0.15) is 12.4 Å². The lowest BCUT2D eigenvalue weighted by Gasteiger charge is -2.29. The van der Waals surface area contributed by atoms with E-state index in [2.05, 4.69) is 0 Å². The minimum Gasteiger partial charge on any atom is -0.368 e. The summed E-state index contributed by atoms with van der Waals surface area (Å²) in [6.45, 7) is -2.56. The van der Waals surface area contributed by atoms with E-state index in [-0.39, 0.29) is 22.7 Å². The van der Waals surface area contributed by atoms with Crippen LogP contribution in [0.2, 0.25) is 0 Å². The number of carbonyl (C=O) groups is 1. The standard InChI is InChI=1S/C24H25F5N2O3S/c25-12-17-18(26)20(28)22(21(29)19(17)27)31(35(33,34)24(10-11-24)23(30)32)13-14-6-8-16(9-7-14)15-4-2-1-3-5-15/h6-9,15H,1-5,10-13H2,(H2,30,32). The smallest absolute Gasteiger partial charge is 0.250 e. The van der Waals surface area contributed by atoms with Gasteiger partial charge in [-0.2, -0.15) is 0 Å². The topological polar surface area (TPSA) is 80.5 Å². The van der Waals surface area contributed by atoms with Crippen molar-refractivity contribution in [2.75, 3.05) is 4.31 Å². The molecule has 2 aliphatic carbocycles. The van der Waals surface area contributed by atoms with E-state index in [0.717, 1.165) is 37.7 Å². The van der Waals surface area contributed by atoms with Gasteiger partial charge in [0.2, 0.25) is 5.91 Å². The van der Waals surface area contributed by atoms with Crippen molar-refractivity contribution >= 4 is 21.6 Å². The Bertz CT molecular complexity index is 1210. The molecule has 0 aromatic heterocycles. The van der Waals surface area contributed by atoms with E-state index in [1.54, 1.807) is 24.3 Å². The molecule has 5 nitrogen and oxygen atoms in total. The van der Waals surface area contributed by atoms with Crippen LogP contribution in [-0.2, 0) is 28.0 Å². The summed E-state index contributed by atoms with van der Waals surface area (Å²) in [6, 6.07) is 6.68. The SMILES string of the molecule is NC(=O)C1(S(=O)(=O)N(Cc2ccc(C3CCCCC3)cc2)c2c(F)c(F)c(CF)c(F)c2F)CC1. The van der Waals surface area contributed by atoms with Crippen LogP contribution < -0.4 is 10.0 Å². The van der Waals surface area contributed by atoms with Gasteiger partial charge in [0.15, 0.2) is 28.0 Å². The summed E-state index contributed by atoms with van der Waals surface area (Å²) in [5.41, 5.74) is 3.53. The summed E-state index contributed by atoms with van der Waals surface area (Å²) in [7, 11) is -4.92. The number of nitrogens with two attached hydrogens (primary N) is 1. The third-order valence-corrected chi connectivity index (χ3v) is 9.52. The molecule has 0 radical (unpaired) electrons. The van der Waals surface area contributed by atoms with Crippen LogP contribution in [0, 0.1) is 23.3 Å². The fraction of sp³-hybridized carbons (Fsp3) is 0.458. The van der Waals surface area contributed by atoms with Gasteiger partial charge in [-0.25, -0.2) is 30.4 Å². The van der Waals surface area contributed by atoms with Gasteiger partial charge in [-0.1, -0.05) is 43.5 Å². The van der Waals surface area contributed by atoms with Crippen molar-refractivity contribution in [3.8, 4) is 0 Å². The second-order valence-electron chi connectivity index (χ2n) is 9.16. The molecule has 2 N–H and O–H groups in total. The zero-order chi connectivity index (χ0) is 25.5. The highest BCUT2D eigenvalue weighted by Crippen LogP contribution is 2.48. The molecule has 0 spiro atoms. The van der Waals surface area contributed by atoms with Gasteiger partial charge in [-0.15, -0.1) is 0 Å². The summed E-state index contributed by atoms with van der Waals surface area (Å²) < 4.78 is 96.5. The Kier molecular flexibility index (Phi) is 6.82. The van der Waals surface area contributed by atoms with Crippen LogP contribution in [0.5, 0.6) is 0 Å². The first-order chi connectivity index (χ1) is 16.5. The van der Waals surface area contributed by atoms with E-state index in [0.29, 0.717) is 5.92 Å². The number of anilines is 1. The van der Waals surface area contributed by atoms with E-state index in [1.807, 2.05) is 0 Å². The fourth-order valence-corrected chi connectivity index (χ4v) is 6.75. The summed E-state index contributed by atoms with van der Waals surface area (Å²) in [5, 5.41) is 0. The van der Waals surface area contributed by atoms with Crippen LogP contribution in [-0.4, -0.2) is 19.1 Å². The van der Waals surface area contributed by atoms with Crippen LogP contribution in [0.3, 0.4) is 0 Å². The van der Waals surface area contributed by atoms with E-state index in [9.17, 15) is 35.2 Å². The normalized spacial score (nSPS) is 17.9. The van der Waals surface area contributed by atoms with Gasteiger partial charge in [-0.3, -0.25) is 9.10 Å². The molecular weight excluding hydrogens is 491 g/mol. The van der Waals surface area contributed by atoms with Crippen LogP contribution in [0.15, 0.2) is 24.3 Å². The highest BCUT2D eigenvalue weighted by Gasteiger charge is 2.62. The molecule has 2 aromatic rings. The van der Waals surface area contributed by atoms with E-state index < -0.39 is 68.4 Å². The Morgan fingerprint density at radius 1 is 0.943 bits per heavy atom. The highest BCUT2D eigenvalue weighted by molar-refractivity contribution is 7.95. The van der Waals surface area contributed by atoms with Crippen molar-refractivity contribution in [3.05, 3.63) is 64.2 Å². The largest absolute Gasteiger partial charge is 0.368 e. The third-order valence-electron chi connectivity index (χ3n) is 7.03. The molecule has 2 aromatic carbocycles. The maximum absolute atomic E-state index is 14.9. The summed E-state index contributed by atoms with van der Waals surface area (Å²) >= 11 is 0. The minimum atomic E-state index is -4.92. The number of hydrogen-bond acceptors (Lipinski definition) is 3. The third kappa shape index (κ3) is 4.28. The molecule has 2 saturated carbocycles. The molecule has 11 heteroatoms. The lowest BCUT2D eigenvalue weighted by Crippen LogP contribution is -2.48. The van der Waals surface area contributed by atoms with Crippen LogP contribution >= 0.6 is 0 Å². The number of alkyl halides is 1. The summed E-state index contributed by atoms with van der Waals surface area (Å²) in [4.78, 5) is 12.0. The Balaban J connectivity index is 1.79. The van der Waals surface area contributed by atoms with Crippen molar-refractivity contribution in [3.63, 3.8) is 0 Å². The lowest BCUT2D eigenvalue weighted by molar-refractivity contribution is -0.118. The molecule has 0 heterocycles. The highest BCUT2D eigenvalue weighted by atomic mass is 32.2. The Hall–Kier alpha value is -2.69. The first kappa shape index (κ1) is 25.4. The maximum atomic E-state index is 14.9. The molecule has 0 unspecified atom stereocenters.